The van der Waals surface area contributed by atoms with Crippen LogP contribution in [0.5, 0.6) is 0 Å². The van der Waals surface area contributed by atoms with Crippen molar-refractivity contribution in [3.8, 4) is 0 Å². The lowest BCUT2D eigenvalue weighted by atomic mass is 9.70. The van der Waals surface area contributed by atoms with Crippen LogP contribution < -0.4 is 10.6 Å². The minimum Gasteiger partial charge on any atom is -0.330 e. The molecule has 0 aromatic carbocycles. The van der Waals surface area contributed by atoms with Gasteiger partial charge in [-0.15, -0.1) is 11.6 Å². The molecule has 134 valence electrons. The van der Waals surface area contributed by atoms with E-state index in [9.17, 15) is 28.8 Å². The largest absolute Gasteiger partial charge is 0.333 e. The molecule has 0 saturated carbocycles. The third kappa shape index (κ3) is 3.28. The molecule has 10 nitrogen and oxygen atoms in total. The van der Waals surface area contributed by atoms with Gasteiger partial charge in [0.1, 0.15) is 5.41 Å². The second kappa shape index (κ2) is 6.83. The Hall–Kier alpha value is -3.04. The zero-order valence-corrected chi connectivity index (χ0v) is 13.5. The van der Waals surface area contributed by atoms with Gasteiger partial charge in [0.2, 0.25) is 11.8 Å². The molecule has 0 spiro atoms. The lowest BCUT2D eigenvalue weighted by Gasteiger charge is -2.37. The zero-order chi connectivity index (χ0) is 18.8. The quantitative estimate of drug-likeness (QED) is 0.375. The number of urea groups is 1. The molecule has 2 heterocycles. The first-order valence-electron chi connectivity index (χ1n) is 7.56. The highest BCUT2D eigenvalue weighted by atomic mass is 16.7. The number of imide groups is 3. The Balaban J connectivity index is 2.15. The van der Waals surface area contributed by atoms with Crippen LogP contribution in [-0.2, 0) is 28.8 Å². The molecule has 25 heavy (non-hydrogen) atoms. The summed E-state index contributed by atoms with van der Waals surface area (Å²) in [4.78, 5) is 75.6. The van der Waals surface area contributed by atoms with E-state index in [2.05, 4.69) is 6.58 Å². The molecular weight excluding hydrogens is 334 g/mol. The van der Waals surface area contributed by atoms with E-state index < -0.39 is 53.4 Å². The van der Waals surface area contributed by atoms with E-state index in [-0.39, 0.29) is 19.3 Å². The van der Waals surface area contributed by atoms with Gasteiger partial charge in [-0.3, -0.25) is 29.8 Å². The first-order valence-corrected chi connectivity index (χ1v) is 7.56. The highest BCUT2D eigenvalue weighted by Crippen LogP contribution is 2.37. The monoisotopic (exact) mass is 351 g/mol. The normalized spacial score (nSPS) is 20.8. The minimum atomic E-state index is -1.73. The second-order valence-corrected chi connectivity index (χ2v) is 5.85. The van der Waals surface area contributed by atoms with Crippen molar-refractivity contribution < 1.29 is 33.6 Å². The summed E-state index contributed by atoms with van der Waals surface area (Å²) < 4.78 is 0. The standard InChI is InChI=1S/C15H17N3O7/c1-3-6-15(12(22)16-14(24)17-13(15)23)8(2)7-11(21)25-18-9(19)4-5-10(18)20/h3,8H,1,4-7H2,2H3,(H2,16,17,22,23,24). The zero-order valence-electron chi connectivity index (χ0n) is 13.5. The summed E-state index contributed by atoms with van der Waals surface area (Å²) in [5.74, 6) is -4.81. The number of carbonyl (C=O) groups is 6. The molecule has 2 aliphatic heterocycles. The summed E-state index contributed by atoms with van der Waals surface area (Å²) in [5.41, 5.74) is -1.73. The molecule has 2 aliphatic rings. The van der Waals surface area contributed by atoms with Crippen molar-refractivity contribution in [1.29, 1.82) is 0 Å². The second-order valence-electron chi connectivity index (χ2n) is 5.85. The van der Waals surface area contributed by atoms with Gasteiger partial charge in [-0.2, -0.15) is 0 Å². The van der Waals surface area contributed by atoms with E-state index in [1.165, 1.54) is 13.0 Å². The molecule has 2 rings (SSSR count). The summed E-state index contributed by atoms with van der Waals surface area (Å²) in [6.45, 7) is 4.95. The molecular formula is C15H17N3O7. The molecule has 1 atom stereocenters. The maximum Gasteiger partial charge on any atom is 0.333 e. The van der Waals surface area contributed by atoms with E-state index >= 15 is 0 Å². The number of carbonyl (C=O) groups excluding carboxylic acids is 6. The highest BCUT2D eigenvalue weighted by molar-refractivity contribution is 6.19. The molecule has 0 aliphatic carbocycles. The summed E-state index contributed by atoms with van der Waals surface area (Å²) in [6, 6.07) is -0.947. The third-order valence-corrected chi connectivity index (χ3v) is 4.24. The van der Waals surface area contributed by atoms with Crippen molar-refractivity contribution in [3.63, 3.8) is 0 Å². The number of hydroxylamine groups is 2. The molecule has 0 aromatic rings. The van der Waals surface area contributed by atoms with E-state index in [4.69, 9.17) is 4.84 Å². The van der Waals surface area contributed by atoms with Crippen LogP contribution in [0, 0.1) is 11.3 Å². The Bertz CT molecular complexity index is 649. The smallest absolute Gasteiger partial charge is 0.330 e. The summed E-state index contributed by atoms with van der Waals surface area (Å²) >= 11 is 0. The molecule has 6 amide bonds. The maximum absolute atomic E-state index is 12.3. The van der Waals surface area contributed by atoms with Crippen LogP contribution in [-0.4, -0.2) is 40.7 Å². The Labute approximate surface area is 142 Å². The first-order chi connectivity index (χ1) is 11.7. The number of nitrogens with zero attached hydrogens (tertiary/aromatic N) is 1. The number of allylic oxidation sites excluding steroid dienone is 1. The van der Waals surface area contributed by atoms with E-state index in [1.807, 2.05) is 10.6 Å². The Morgan fingerprint density at radius 3 is 2.20 bits per heavy atom. The minimum absolute atomic E-state index is 0.0466. The fraction of sp³-hybridized carbons (Fsp3) is 0.467. The van der Waals surface area contributed by atoms with Gasteiger partial charge >= 0.3 is 12.0 Å². The lowest BCUT2D eigenvalue weighted by Crippen LogP contribution is -2.64. The Morgan fingerprint density at radius 1 is 1.20 bits per heavy atom. The lowest BCUT2D eigenvalue weighted by molar-refractivity contribution is -0.198. The van der Waals surface area contributed by atoms with Crippen molar-refractivity contribution >= 4 is 35.6 Å². The molecule has 1 unspecified atom stereocenters. The van der Waals surface area contributed by atoms with Crippen LogP contribution in [0.25, 0.3) is 0 Å². The number of hydrogen-bond donors (Lipinski definition) is 2. The van der Waals surface area contributed by atoms with E-state index in [0.29, 0.717) is 5.06 Å². The van der Waals surface area contributed by atoms with Gasteiger partial charge in [0.15, 0.2) is 0 Å². The van der Waals surface area contributed by atoms with Crippen molar-refractivity contribution in [2.75, 3.05) is 0 Å². The molecule has 10 heteroatoms. The van der Waals surface area contributed by atoms with Crippen LogP contribution >= 0.6 is 0 Å². The van der Waals surface area contributed by atoms with Crippen molar-refractivity contribution in [1.82, 2.24) is 15.7 Å². The molecule has 0 radical (unpaired) electrons. The van der Waals surface area contributed by atoms with Gasteiger partial charge in [0, 0.05) is 12.8 Å². The van der Waals surface area contributed by atoms with Crippen molar-refractivity contribution in [2.24, 2.45) is 11.3 Å². The SMILES string of the molecule is C=CCC1(C(C)CC(=O)ON2C(=O)CCC2=O)C(=O)NC(=O)NC1=O. The fourth-order valence-corrected chi connectivity index (χ4v) is 2.85. The number of barbiturate groups is 1. The Kier molecular flexibility index (Phi) is 5.00. The highest BCUT2D eigenvalue weighted by Gasteiger charge is 2.53. The topological polar surface area (TPSA) is 139 Å². The van der Waals surface area contributed by atoms with Gasteiger partial charge in [-0.1, -0.05) is 13.0 Å². The van der Waals surface area contributed by atoms with Gasteiger partial charge in [0.25, 0.3) is 11.8 Å². The number of rotatable bonds is 6. The molecule has 0 bridgehead atoms. The molecule has 2 fully saturated rings. The van der Waals surface area contributed by atoms with Crippen LogP contribution in [0.15, 0.2) is 12.7 Å². The van der Waals surface area contributed by atoms with Gasteiger partial charge in [-0.05, 0) is 12.3 Å². The predicted molar refractivity (Wildman–Crippen MR) is 79.9 cm³/mol. The molecule has 2 saturated heterocycles. The van der Waals surface area contributed by atoms with Gasteiger partial charge in [-0.25, -0.2) is 9.59 Å². The van der Waals surface area contributed by atoms with Gasteiger partial charge in [0.05, 0.1) is 6.42 Å². The van der Waals surface area contributed by atoms with Crippen molar-refractivity contribution in [2.45, 2.75) is 32.6 Å². The van der Waals surface area contributed by atoms with Crippen LogP contribution in [0.2, 0.25) is 0 Å². The predicted octanol–water partition coefficient (Wildman–Crippen LogP) is -0.452. The molecule has 2 N–H and O–H groups in total. The third-order valence-electron chi connectivity index (χ3n) is 4.24. The van der Waals surface area contributed by atoms with Crippen LogP contribution in [0.3, 0.4) is 0 Å². The van der Waals surface area contributed by atoms with E-state index in [0.717, 1.165) is 0 Å². The summed E-state index contributed by atoms with van der Waals surface area (Å²) in [7, 11) is 0. The number of hydrogen-bond acceptors (Lipinski definition) is 7. The first kappa shape index (κ1) is 18.3. The Morgan fingerprint density at radius 2 is 1.72 bits per heavy atom. The maximum atomic E-state index is 12.3. The average molecular weight is 351 g/mol. The molecule has 0 aromatic heterocycles. The van der Waals surface area contributed by atoms with E-state index in [1.54, 1.807) is 0 Å². The average Bonchev–Trinajstić information content (AvgIpc) is 2.82. The fourth-order valence-electron chi connectivity index (χ4n) is 2.85. The van der Waals surface area contributed by atoms with Crippen LogP contribution in [0.1, 0.15) is 32.6 Å². The van der Waals surface area contributed by atoms with Crippen LogP contribution in [0.4, 0.5) is 4.79 Å². The van der Waals surface area contributed by atoms with Gasteiger partial charge < -0.3 is 4.84 Å². The van der Waals surface area contributed by atoms with Crippen molar-refractivity contribution in [3.05, 3.63) is 12.7 Å². The summed E-state index contributed by atoms with van der Waals surface area (Å²) in [5, 5.41) is 4.39. The summed E-state index contributed by atoms with van der Waals surface area (Å²) in [6.07, 6.45) is 0.683. The number of amides is 6. The number of nitrogens with one attached hydrogen (secondary N) is 2.